The van der Waals surface area contributed by atoms with Gasteiger partial charge in [-0.15, -0.1) is 13.2 Å². The number of hydrogen-bond acceptors (Lipinski definition) is 2. The lowest BCUT2D eigenvalue weighted by atomic mass is 9.93. The van der Waals surface area contributed by atoms with Gasteiger partial charge in [0.15, 0.2) is 5.75 Å². The number of benzene rings is 1. The van der Waals surface area contributed by atoms with Gasteiger partial charge in [0.05, 0.1) is 5.69 Å². The fourth-order valence-corrected chi connectivity index (χ4v) is 1.57. The van der Waals surface area contributed by atoms with E-state index in [4.69, 9.17) is 0 Å². The number of nitrogens with one attached hydrogen (secondary N) is 1. The standard InChI is InChI=1S/C11H12F3NO/c12-11(13,14)16-10-7-2-1-6-9(10)15-8-4-3-5-8/h1-2,6-8,15H,3-5H2. The number of anilines is 1. The second-order valence-electron chi connectivity index (χ2n) is 3.82. The summed E-state index contributed by atoms with van der Waals surface area (Å²) in [5.41, 5.74) is 0.407. The Balaban J connectivity index is 2.09. The molecular weight excluding hydrogens is 219 g/mol. The predicted octanol–water partition coefficient (Wildman–Crippen LogP) is 3.55. The van der Waals surface area contributed by atoms with Crippen molar-refractivity contribution in [2.24, 2.45) is 0 Å². The number of halogens is 3. The molecule has 0 unspecified atom stereocenters. The summed E-state index contributed by atoms with van der Waals surface area (Å²) < 4.78 is 40.3. The van der Waals surface area contributed by atoms with Crippen LogP contribution in [0.15, 0.2) is 24.3 Å². The SMILES string of the molecule is FC(F)(F)Oc1ccccc1NC1CCC1. The van der Waals surface area contributed by atoms with Gasteiger partial charge in [-0.25, -0.2) is 0 Å². The van der Waals surface area contributed by atoms with Crippen LogP contribution < -0.4 is 10.1 Å². The summed E-state index contributed by atoms with van der Waals surface area (Å²) in [5, 5.41) is 3.04. The van der Waals surface area contributed by atoms with Crippen LogP contribution in [0.3, 0.4) is 0 Å². The van der Waals surface area contributed by atoms with Gasteiger partial charge in [-0.05, 0) is 31.4 Å². The molecule has 2 rings (SSSR count). The molecule has 0 amide bonds. The van der Waals surface area contributed by atoms with Crippen LogP contribution in [0.25, 0.3) is 0 Å². The summed E-state index contributed by atoms with van der Waals surface area (Å²) in [4.78, 5) is 0. The molecule has 1 N–H and O–H groups in total. The zero-order valence-electron chi connectivity index (χ0n) is 8.55. The Morgan fingerprint density at radius 2 is 1.88 bits per heavy atom. The lowest BCUT2D eigenvalue weighted by molar-refractivity contribution is -0.274. The first kappa shape index (κ1) is 11.1. The molecule has 1 saturated carbocycles. The van der Waals surface area contributed by atoms with Gasteiger partial charge in [0, 0.05) is 6.04 Å². The van der Waals surface area contributed by atoms with E-state index in [0.717, 1.165) is 19.3 Å². The molecule has 1 aliphatic carbocycles. The summed E-state index contributed by atoms with van der Waals surface area (Å²) in [6.45, 7) is 0. The molecule has 1 aromatic carbocycles. The van der Waals surface area contributed by atoms with Crippen molar-refractivity contribution in [3.63, 3.8) is 0 Å². The van der Waals surface area contributed by atoms with Crippen LogP contribution in [0.5, 0.6) is 5.75 Å². The molecule has 16 heavy (non-hydrogen) atoms. The Bertz CT molecular complexity index is 360. The lowest BCUT2D eigenvalue weighted by Crippen LogP contribution is -2.27. The van der Waals surface area contributed by atoms with Gasteiger partial charge < -0.3 is 10.1 Å². The molecule has 0 saturated heterocycles. The van der Waals surface area contributed by atoms with Gasteiger partial charge >= 0.3 is 6.36 Å². The van der Waals surface area contributed by atoms with E-state index in [0.29, 0.717) is 5.69 Å². The molecule has 1 fully saturated rings. The monoisotopic (exact) mass is 231 g/mol. The van der Waals surface area contributed by atoms with E-state index in [-0.39, 0.29) is 11.8 Å². The van der Waals surface area contributed by atoms with Gasteiger partial charge in [-0.1, -0.05) is 12.1 Å². The maximum atomic E-state index is 12.1. The zero-order chi connectivity index (χ0) is 11.6. The highest BCUT2D eigenvalue weighted by Crippen LogP contribution is 2.32. The van der Waals surface area contributed by atoms with E-state index in [1.807, 2.05) is 0 Å². The van der Waals surface area contributed by atoms with Gasteiger partial charge in [0.2, 0.25) is 0 Å². The van der Waals surface area contributed by atoms with Crippen molar-refractivity contribution < 1.29 is 17.9 Å². The highest BCUT2D eigenvalue weighted by molar-refractivity contribution is 5.57. The fraction of sp³-hybridized carbons (Fsp3) is 0.455. The highest BCUT2D eigenvalue weighted by Gasteiger charge is 2.32. The number of hydrogen-bond donors (Lipinski definition) is 1. The molecule has 0 bridgehead atoms. The molecule has 2 nitrogen and oxygen atoms in total. The lowest BCUT2D eigenvalue weighted by Gasteiger charge is -2.28. The van der Waals surface area contributed by atoms with Crippen LogP contribution in [-0.4, -0.2) is 12.4 Å². The Labute approximate surface area is 91.4 Å². The summed E-state index contributed by atoms with van der Waals surface area (Å²) in [7, 11) is 0. The average molecular weight is 231 g/mol. The normalized spacial score (nSPS) is 16.7. The van der Waals surface area contributed by atoms with Crippen LogP contribution in [0.4, 0.5) is 18.9 Å². The van der Waals surface area contributed by atoms with Crippen molar-refractivity contribution in [1.29, 1.82) is 0 Å². The molecule has 0 spiro atoms. The smallest absolute Gasteiger partial charge is 0.404 e. The maximum absolute atomic E-state index is 12.1. The topological polar surface area (TPSA) is 21.3 Å². The summed E-state index contributed by atoms with van der Waals surface area (Å²) in [5.74, 6) is -0.165. The number of para-hydroxylation sites is 2. The molecule has 0 radical (unpaired) electrons. The van der Waals surface area contributed by atoms with Crippen molar-refractivity contribution in [1.82, 2.24) is 0 Å². The molecule has 0 heterocycles. The predicted molar refractivity (Wildman–Crippen MR) is 54.4 cm³/mol. The van der Waals surface area contributed by atoms with Gasteiger partial charge in [-0.2, -0.15) is 0 Å². The van der Waals surface area contributed by atoms with Crippen molar-refractivity contribution in [3.05, 3.63) is 24.3 Å². The maximum Gasteiger partial charge on any atom is 0.573 e. The van der Waals surface area contributed by atoms with Crippen molar-refractivity contribution >= 4 is 5.69 Å². The zero-order valence-corrected chi connectivity index (χ0v) is 8.55. The Kier molecular flexibility index (Phi) is 2.94. The number of alkyl halides is 3. The molecule has 5 heteroatoms. The fourth-order valence-electron chi connectivity index (χ4n) is 1.57. The molecule has 88 valence electrons. The summed E-state index contributed by atoms with van der Waals surface area (Å²) in [6, 6.07) is 6.39. The minimum absolute atomic E-state index is 0.165. The van der Waals surface area contributed by atoms with Crippen molar-refractivity contribution in [2.45, 2.75) is 31.7 Å². The first-order chi connectivity index (χ1) is 7.54. The van der Waals surface area contributed by atoms with E-state index in [9.17, 15) is 13.2 Å². The minimum Gasteiger partial charge on any atom is -0.404 e. The van der Waals surface area contributed by atoms with E-state index >= 15 is 0 Å². The Morgan fingerprint density at radius 1 is 1.19 bits per heavy atom. The minimum atomic E-state index is -4.64. The first-order valence-electron chi connectivity index (χ1n) is 5.16. The third-order valence-corrected chi connectivity index (χ3v) is 2.58. The average Bonchev–Trinajstić information content (AvgIpc) is 2.11. The Hall–Kier alpha value is -1.39. The highest BCUT2D eigenvalue weighted by atomic mass is 19.4. The number of rotatable bonds is 3. The molecule has 1 aliphatic rings. The summed E-state index contributed by atoms with van der Waals surface area (Å²) in [6.07, 6.45) is -1.52. The van der Waals surface area contributed by atoms with E-state index in [2.05, 4.69) is 10.1 Å². The molecule has 0 aliphatic heterocycles. The molecule has 1 aromatic rings. The van der Waals surface area contributed by atoms with Crippen molar-refractivity contribution in [3.8, 4) is 5.75 Å². The quantitative estimate of drug-likeness (QED) is 0.858. The van der Waals surface area contributed by atoms with Crippen LogP contribution in [0, 0.1) is 0 Å². The third-order valence-electron chi connectivity index (χ3n) is 2.58. The third kappa shape index (κ3) is 2.81. The summed E-state index contributed by atoms with van der Waals surface area (Å²) >= 11 is 0. The molecule has 0 atom stereocenters. The van der Waals surface area contributed by atoms with Crippen LogP contribution in [0.1, 0.15) is 19.3 Å². The number of ether oxygens (including phenoxy) is 1. The van der Waals surface area contributed by atoms with E-state index < -0.39 is 6.36 Å². The van der Waals surface area contributed by atoms with Gasteiger partial charge in [-0.3, -0.25) is 0 Å². The van der Waals surface area contributed by atoms with Gasteiger partial charge in [0.25, 0.3) is 0 Å². The second-order valence-corrected chi connectivity index (χ2v) is 3.82. The van der Waals surface area contributed by atoms with Crippen LogP contribution >= 0.6 is 0 Å². The van der Waals surface area contributed by atoms with E-state index in [1.165, 1.54) is 12.1 Å². The van der Waals surface area contributed by atoms with Gasteiger partial charge in [0.1, 0.15) is 0 Å². The Morgan fingerprint density at radius 3 is 2.44 bits per heavy atom. The van der Waals surface area contributed by atoms with E-state index in [1.54, 1.807) is 12.1 Å². The second kappa shape index (κ2) is 4.23. The molecule has 0 aromatic heterocycles. The van der Waals surface area contributed by atoms with Crippen LogP contribution in [0.2, 0.25) is 0 Å². The van der Waals surface area contributed by atoms with Crippen molar-refractivity contribution in [2.75, 3.05) is 5.32 Å². The first-order valence-corrected chi connectivity index (χ1v) is 5.16. The largest absolute Gasteiger partial charge is 0.573 e. The molecular formula is C11H12F3NO. The van der Waals surface area contributed by atoms with Crippen LogP contribution in [-0.2, 0) is 0 Å².